The summed E-state index contributed by atoms with van der Waals surface area (Å²) in [7, 11) is 1.98. The number of carbonyl (C=O) groups is 2. The average molecular weight is 619 g/mol. The topological polar surface area (TPSA) is 129 Å². The van der Waals surface area contributed by atoms with E-state index in [4.69, 9.17) is 14.6 Å². The molecule has 3 aromatic rings. The van der Waals surface area contributed by atoms with Crippen LogP contribution in [0.1, 0.15) is 92.6 Å². The van der Waals surface area contributed by atoms with Gasteiger partial charge in [-0.15, -0.1) is 0 Å². The zero-order valence-electron chi connectivity index (χ0n) is 26.2. The van der Waals surface area contributed by atoms with Crippen molar-refractivity contribution in [3.63, 3.8) is 0 Å². The van der Waals surface area contributed by atoms with Gasteiger partial charge in [-0.2, -0.15) is 0 Å². The lowest BCUT2D eigenvalue weighted by Crippen LogP contribution is -2.43. The molecule has 45 heavy (non-hydrogen) atoms. The van der Waals surface area contributed by atoms with Crippen LogP contribution in [0.4, 0.5) is 5.69 Å². The number of anilines is 1. The summed E-state index contributed by atoms with van der Waals surface area (Å²) in [6.45, 7) is 2.54. The van der Waals surface area contributed by atoms with Crippen LogP contribution in [0.5, 0.6) is 0 Å². The summed E-state index contributed by atoms with van der Waals surface area (Å²) in [6, 6.07) is 24.7. The van der Waals surface area contributed by atoms with Crippen molar-refractivity contribution in [1.82, 2.24) is 4.90 Å². The molecule has 0 saturated carbocycles. The third-order valence-corrected chi connectivity index (χ3v) is 8.39. The molecular formula is C36H46N2O7. The van der Waals surface area contributed by atoms with Crippen LogP contribution in [0, 0.1) is 0 Å². The molecular weight excluding hydrogens is 572 g/mol. The van der Waals surface area contributed by atoms with Gasteiger partial charge in [-0.3, -0.25) is 14.5 Å². The Balaban J connectivity index is 1.43. The number of aliphatic hydroxyl groups excluding tert-OH is 2. The first-order chi connectivity index (χ1) is 21.7. The summed E-state index contributed by atoms with van der Waals surface area (Å²) in [5.41, 5.74) is 4.10. The highest BCUT2D eigenvalue weighted by Crippen LogP contribution is 2.39. The van der Waals surface area contributed by atoms with Gasteiger partial charge in [0.1, 0.15) is 0 Å². The maximum Gasteiger partial charge on any atom is 0.303 e. The molecule has 0 bridgehead atoms. The van der Waals surface area contributed by atoms with Gasteiger partial charge in [-0.1, -0.05) is 79.6 Å². The van der Waals surface area contributed by atoms with Gasteiger partial charge in [0.15, 0.2) is 6.29 Å². The van der Waals surface area contributed by atoms with Crippen molar-refractivity contribution in [3.8, 4) is 0 Å². The Morgan fingerprint density at radius 3 is 2.31 bits per heavy atom. The molecule has 0 radical (unpaired) electrons. The number of hydrogen-bond donors (Lipinski definition) is 4. The Labute approximate surface area is 265 Å². The number of nitrogens with one attached hydrogen (secondary N) is 1. The van der Waals surface area contributed by atoms with E-state index in [1.807, 2.05) is 92.8 Å². The molecule has 0 unspecified atom stereocenters. The normalized spacial score (nSPS) is 19.6. The number of aliphatic carboxylic acids is 1. The van der Waals surface area contributed by atoms with E-state index < -0.39 is 18.4 Å². The maximum absolute atomic E-state index is 12.6. The van der Waals surface area contributed by atoms with Crippen LogP contribution in [-0.2, 0) is 25.7 Å². The van der Waals surface area contributed by atoms with Gasteiger partial charge in [0.25, 0.3) is 0 Å². The predicted molar refractivity (Wildman–Crippen MR) is 172 cm³/mol. The van der Waals surface area contributed by atoms with Crippen molar-refractivity contribution in [2.45, 2.75) is 89.1 Å². The minimum absolute atomic E-state index is 0.0319. The van der Waals surface area contributed by atoms with E-state index >= 15 is 0 Å². The maximum atomic E-state index is 12.6. The number of benzene rings is 3. The van der Waals surface area contributed by atoms with Crippen LogP contribution in [0.15, 0.2) is 78.9 Å². The molecule has 0 aromatic heterocycles. The van der Waals surface area contributed by atoms with E-state index in [9.17, 15) is 19.8 Å². The average Bonchev–Trinajstić information content (AvgIpc) is 3.06. The molecule has 4 N–H and O–H groups in total. The Bertz CT molecular complexity index is 1350. The third kappa shape index (κ3) is 10.5. The Morgan fingerprint density at radius 1 is 0.911 bits per heavy atom. The molecule has 4 rings (SSSR count). The molecule has 1 saturated heterocycles. The van der Waals surface area contributed by atoms with Crippen molar-refractivity contribution in [1.29, 1.82) is 0 Å². The lowest BCUT2D eigenvalue weighted by atomic mass is 9.98. The summed E-state index contributed by atoms with van der Waals surface area (Å²) >= 11 is 0. The first-order valence-corrected chi connectivity index (χ1v) is 15.8. The molecule has 9 heteroatoms. The number of carboxylic acids is 1. The number of carbonyl (C=O) groups excluding carboxylic acids is 1. The van der Waals surface area contributed by atoms with Gasteiger partial charge in [0.2, 0.25) is 5.91 Å². The SMILES string of the molecule is C[C@@H]([C@H](O)c1ccccc1)N(C)C[C@H]1C[C@@H](c2ccc(CO)cc2)O[C@@H](c2cccc(NC(=O)CCCCCCC(=O)O)c2)O1. The lowest BCUT2D eigenvalue weighted by Gasteiger charge is -2.39. The zero-order valence-corrected chi connectivity index (χ0v) is 26.2. The summed E-state index contributed by atoms with van der Waals surface area (Å²) in [4.78, 5) is 25.4. The molecule has 1 fully saturated rings. The van der Waals surface area contributed by atoms with Gasteiger partial charge < -0.3 is 30.1 Å². The highest BCUT2D eigenvalue weighted by molar-refractivity contribution is 5.90. The van der Waals surface area contributed by atoms with Crippen LogP contribution in [-0.4, -0.2) is 57.8 Å². The summed E-state index contributed by atoms with van der Waals surface area (Å²) in [6.07, 6.45) is 2.24. The number of amides is 1. The monoisotopic (exact) mass is 618 g/mol. The molecule has 0 spiro atoms. The molecule has 1 heterocycles. The van der Waals surface area contributed by atoms with E-state index in [0.29, 0.717) is 37.9 Å². The first-order valence-electron chi connectivity index (χ1n) is 15.8. The van der Waals surface area contributed by atoms with Gasteiger partial charge in [-0.25, -0.2) is 0 Å². The van der Waals surface area contributed by atoms with Gasteiger partial charge in [0, 0.05) is 43.1 Å². The molecule has 9 nitrogen and oxygen atoms in total. The van der Waals surface area contributed by atoms with Crippen molar-refractivity contribution < 1.29 is 34.4 Å². The summed E-state index contributed by atoms with van der Waals surface area (Å²) < 4.78 is 13.0. The van der Waals surface area contributed by atoms with Crippen molar-refractivity contribution in [2.75, 3.05) is 18.9 Å². The Morgan fingerprint density at radius 2 is 1.62 bits per heavy atom. The summed E-state index contributed by atoms with van der Waals surface area (Å²) in [5.74, 6) is -0.887. The van der Waals surface area contributed by atoms with Crippen LogP contribution in [0.2, 0.25) is 0 Å². The molecule has 1 amide bonds. The number of hydrogen-bond acceptors (Lipinski definition) is 7. The fourth-order valence-electron chi connectivity index (χ4n) is 5.59. The molecule has 3 aromatic carbocycles. The van der Waals surface area contributed by atoms with E-state index in [-0.39, 0.29) is 37.2 Å². The van der Waals surface area contributed by atoms with E-state index in [1.165, 1.54) is 0 Å². The van der Waals surface area contributed by atoms with Gasteiger partial charge >= 0.3 is 5.97 Å². The standard InChI is InChI=1S/C36H46N2O7/c1-25(35(43)28-11-6-5-7-12-28)38(2)23-31-22-32(27-19-17-26(24-39)18-20-27)45-36(44-31)29-13-10-14-30(21-29)37-33(40)15-8-3-4-9-16-34(41)42/h5-7,10-14,17-21,25,31-32,35-36,39,43H,3-4,8-9,15-16,22-24H2,1-2H3,(H,37,40)(H,41,42)/t25-,31+,32-,35-,36-/m0/s1. The number of nitrogens with zero attached hydrogens (tertiary/aromatic N) is 1. The minimum Gasteiger partial charge on any atom is -0.481 e. The lowest BCUT2D eigenvalue weighted by molar-refractivity contribution is -0.253. The predicted octanol–water partition coefficient (Wildman–Crippen LogP) is 6.14. The number of rotatable bonds is 16. The number of ether oxygens (including phenoxy) is 2. The second-order valence-electron chi connectivity index (χ2n) is 11.9. The second-order valence-corrected chi connectivity index (χ2v) is 11.9. The van der Waals surface area contributed by atoms with Crippen LogP contribution >= 0.6 is 0 Å². The summed E-state index contributed by atoms with van der Waals surface area (Å²) in [5, 5.41) is 32.3. The van der Waals surface area contributed by atoms with E-state index in [1.54, 1.807) is 0 Å². The quantitative estimate of drug-likeness (QED) is 0.141. The van der Waals surface area contributed by atoms with Crippen molar-refractivity contribution >= 4 is 17.6 Å². The third-order valence-electron chi connectivity index (χ3n) is 8.39. The minimum atomic E-state index is -0.792. The van der Waals surface area contributed by atoms with E-state index in [0.717, 1.165) is 35.1 Å². The Hall–Kier alpha value is -3.60. The fourth-order valence-corrected chi connectivity index (χ4v) is 5.59. The largest absolute Gasteiger partial charge is 0.481 e. The second kappa shape index (κ2) is 17.2. The van der Waals surface area contributed by atoms with Crippen molar-refractivity contribution in [3.05, 3.63) is 101 Å². The first kappa shape index (κ1) is 34.3. The fraction of sp³-hybridized carbons (Fsp3) is 0.444. The van der Waals surface area contributed by atoms with Crippen LogP contribution < -0.4 is 5.32 Å². The number of aliphatic hydroxyl groups is 2. The van der Waals surface area contributed by atoms with Crippen molar-refractivity contribution in [2.24, 2.45) is 0 Å². The van der Waals surface area contributed by atoms with Crippen LogP contribution in [0.3, 0.4) is 0 Å². The van der Waals surface area contributed by atoms with E-state index in [2.05, 4.69) is 10.2 Å². The molecule has 1 aliphatic rings. The Kier molecular flexibility index (Phi) is 13.1. The molecule has 5 atom stereocenters. The van der Waals surface area contributed by atoms with Gasteiger partial charge in [-0.05, 0) is 55.6 Å². The smallest absolute Gasteiger partial charge is 0.303 e. The molecule has 1 aliphatic heterocycles. The number of unbranched alkanes of at least 4 members (excludes halogenated alkanes) is 3. The zero-order chi connectivity index (χ0) is 32.2. The van der Waals surface area contributed by atoms with Gasteiger partial charge in [0.05, 0.1) is 24.9 Å². The number of likely N-dealkylation sites (N-methyl/N-ethyl adjacent to an activating group) is 1. The molecule has 242 valence electrons. The highest BCUT2D eigenvalue weighted by atomic mass is 16.7. The number of carboxylic acid groups (broad SMARTS) is 1. The van der Waals surface area contributed by atoms with Crippen LogP contribution in [0.25, 0.3) is 0 Å². The molecule has 0 aliphatic carbocycles. The highest BCUT2D eigenvalue weighted by Gasteiger charge is 2.34.